The number of hydrogen-bond acceptors (Lipinski definition) is 3. The van der Waals surface area contributed by atoms with Crippen molar-refractivity contribution < 1.29 is 0 Å². The van der Waals surface area contributed by atoms with Gasteiger partial charge in [-0.25, -0.2) is 4.98 Å². The maximum atomic E-state index is 6.96. The first-order valence-corrected chi connectivity index (χ1v) is 2.86. The van der Waals surface area contributed by atoms with Gasteiger partial charge in [0.1, 0.15) is 12.2 Å². The highest BCUT2D eigenvalue weighted by atomic mass is 15.3. The first-order chi connectivity index (χ1) is 4.70. The van der Waals surface area contributed by atoms with Crippen LogP contribution in [0.5, 0.6) is 0 Å². The van der Waals surface area contributed by atoms with Gasteiger partial charge in [-0.2, -0.15) is 5.10 Å². The standard InChI is InChI=1S/C5H9N5/c1-10-5(2-4(6)7)8-3-9-10/h3H,2H2,1H3,(H3,6,7). The van der Waals surface area contributed by atoms with Crippen LogP contribution in [0.3, 0.4) is 0 Å². The lowest BCUT2D eigenvalue weighted by Gasteiger charge is -1.95. The molecule has 0 radical (unpaired) electrons. The van der Waals surface area contributed by atoms with Crippen molar-refractivity contribution in [3.63, 3.8) is 0 Å². The fourth-order valence-electron chi connectivity index (χ4n) is 0.651. The zero-order valence-electron chi connectivity index (χ0n) is 5.70. The first-order valence-electron chi connectivity index (χ1n) is 2.86. The van der Waals surface area contributed by atoms with E-state index in [-0.39, 0.29) is 5.84 Å². The Morgan fingerprint density at radius 1 is 1.90 bits per heavy atom. The van der Waals surface area contributed by atoms with Gasteiger partial charge in [0.25, 0.3) is 0 Å². The number of rotatable bonds is 2. The molecule has 0 aliphatic heterocycles. The minimum Gasteiger partial charge on any atom is -0.387 e. The molecule has 0 aliphatic rings. The number of aryl methyl sites for hydroxylation is 1. The van der Waals surface area contributed by atoms with Crippen molar-refractivity contribution in [1.82, 2.24) is 14.8 Å². The molecule has 0 saturated heterocycles. The van der Waals surface area contributed by atoms with Gasteiger partial charge in [-0.1, -0.05) is 0 Å². The zero-order valence-corrected chi connectivity index (χ0v) is 5.70. The van der Waals surface area contributed by atoms with Gasteiger partial charge >= 0.3 is 0 Å². The average Bonchev–Trinajstić information content (AvgIpc) is 2.15. The molecule has 5 heteroatoms. The number of hydrogen-bond donors (Lipinski definition) is 2. The van der Waals surface area contributed by atoms with Gasteiger partial charge in [-0.3, -0.25) is 10.1 Å². The summed E-state index contributed by atoms with van der Waals surface area (Å²) in [5.74, 6) is 0.823. The Hall–Kier alpha value is -1.39. The molecule has 0 amide bonds. The lowest BCUT2D eigenvalue weighted by molar-refractivity contribution is 0.723. The second-order valence-electron chi connectivity index (χ2n) is 2.00. The quantitative estimate of drug-likeness (QED) is 0.419. The molecule has 3 N–H and O–H groups in total. The average molecular weight is 139 g/mol. The smallest absolute Gasteiger partial charge is 0.138 e. The predicted molar refractivity (Wildman–Crippen MR) is 36.6 cm³/mol. The highest BCUT2D eigenvalue weighted by Crippen LogP contribution is 1.89. The molecule has 1 rings (SSSR count). The Morgan fingerprint density at radius 2 is 2.60 bits per heavy atom. The summed E-state index contributed by atoms with van der Waals surface area (Å²) in [5.41, 5.74) is 5.15. The van der Waals surface area contributed by atoms with Gasteiger partial charge in [-0.15, -0.1) is 0 Å². The summed E-state index contributed by atoms with van der Waals surface area (Å²) >= 11 is 0. The van der Waals surface area contributed by atoms with E-state index in [0.717, 1.165) is 0 Å². The Bertz CT molecular complexity index is 238. The van der Waals surface area contributed by atoms with E-state index < -0.39 is 0 Å². The molecule has 1 heterocycles. The summed E-state index contributed by atoms with van der Waals surface area (Å²) in [6, 6.07) is 0. The fraction of sp³-hybridized carbons (Fsp3) is 0.400. The molecule has 0 unspecified atom stereocenters. The molecule has 10 heavy (non-hydrogen) atoms. The Morgan fingerprint density at radius 3 is 3.00 bits per heavy atom. The first kappa shape index (κ1) is 6.73. The third-order valence-electron chi connectivity index (χ3n) is 1.15. The van der Waals surface area contributed by atoms with E-state index >= 15 is 0 Å². The van der Waals surface area contributed by atoms with Gasteiger partial charge in [0.15, 0.2) is 0 Å². The molecule has 0 spiro atoms. The second-order valence-corrected chi connectivity index (χ2v) is 2.00. The summed E-state index contributed by atoms with van der Waals surface area (Å²) in [6.07, 6.45) is 1.81. The molecular formula is C5H9N5. The molecular weight excluding hydrogens is 130 g/mol. The Kier molecular flexibility index (Phi) is 1.66. The molecule has 0 saturated carbocycles. The predicted octanol–water partition coefficient (Wildman–Crippen LogP) is -0.706. The number of aromatic nitrogens is 3. The van der Waals surface area contributed by atoms with E-state index in [1.54, 1.807) is 11.7 Å². The van der Waals surface area contributed by atoms with Crippen molar-refractivity contribution in [1.29, 1.82) is 5.41 Å². The van der Waals surface area contributed by atoms with Gasteiger partial charge in [0.2, 0.25) is 0 Å². The molecule has 1 aromatic rings. The summed E-state index contributed by atoms with van der Waals surface area (Å²) < 4.78 is 1.60. The van der Waals surface area contributed by atoms with Crippen molar-refractivity contribution in [3.8, 4) is 0 Å². The number of amidine groups is 1. The Labute approximate surface area is 58.4 Å². The molecule has 5 nitrogen and oxygen atoms in total. The van der Waals surface area contributed by atoms with Crippen LogP contribution in [0.1, 0.15) is 5.82 Å². The van der Waals surface area contributed by atoms with Crippen LogP contribution >= 0.6 is 0 Å². The highest BCUT2D eigenvalue weighted by molar-refractivity contribution is 5.78. The molecule has 0 fully saturated rings. The second kappa shape index (κ2) is 2.47. The molecule has 1 aromatic heterocycles. The molecule has 54 valence electrons. The van der Waals surface area contributed by atoms with E-state index in [4.69, 9.17) is 11.1 Å². The van der Waals surface area contributed by atoms with E-state index in [1.807, 2.05) is 0 Å². The monoisotopic (exact) mass is 139 g/mol. The Balaban J connectivity index is 2.74. The van der Waals surface area contributed by atoms with E-state index in [2.05, 4.69) is 10.1 Å². The lowest BCUT2D eigenvalue weighted by Crippen LogP contribution is -2.15. The summed E-state index contributed by atoms with van der Waals surface area (Å²) in [6.45, 7) is 0. The van der Waals surface area contributed by atoms with E-state index in [0.29, 0.717) is 12.2 Å². The van der Waals surface area contributed by atoms with Crippen molar-refractivity contribution in [2.45, 2.75) is 6.42 Å². The number of nitrogens with two attached hydrogens (primary N) is 1. The van der Waals surface area contributed by atoms with Crippen LogP contribution in [0.25, 0.3) is 0 Å². The van der Waals surface area contributed by atoms with Gasteiger partial charge in [0, 0.05) is 7.05 Å². The van der Waals surface area contributed by atoms with Crippen LogP contribution < -0.4 is 5.73 Å². The topological polar surface area (TPSA) is 80.6 Å². The van der Waals surface area contributed by atoms with Crippen molar-refractivity contribution in [2.75, 3.05) is 0 Å². The maximum Gasteiger partial charge on any atom is 0.138 e. The van der Waals surface area contributed by atoms with Crippen LogP contribution in [-0.4, -0.2) is 20.6 Å². The maximum absolute atomic E-state index is 6.96. The van der Waals surface area contributed by atoms with Gasteiger partial charge in [-0.05, 0) is 0 Å². The summed E-state index contributed by atoms with van der Waals surface area (Å²) in [7, 11) is 1.77. The molecule has 0 aliphatic carbocycles. The molecule has 0 bridgehead atoms. The number of nitrogens with one attached hydrogen (secondary N) is 1. The van der Waals surface area contributed by atoms with Gasteiger partial charge in [0.05, 0.1) is 12.3 Å². The lowest BCUT2D eigenvalue weighted by atomic mass is 10.4. The van der Waals surface area contributed by atoms with Crippen LogP contribution in [0.15, 0.2) is 6.33 Å². The minimum absolute atomic E-state index is 0.108. The van der Waals surface area contributed by atoms with Crippen molar-refractivity contribution >= 4 is 5.84 Å². The van der Waals surface area contributed by atoms with Crippen LogP contribution in [-0.2, 0) is 13.5 Å². The third kappa shape index (κ3) is 1.31. The normalized spacial score (nSPS) is 9.70. The van der Waals surface area contributed by atoms with Crippen molar-refractivity contribution in [2.24, 2.45) is 12.8 Å². The van der Waals surface area contributed by atoms with Crippen LogP contribution in [0.2, 0.25) is 0 Å². The van der Waals surface area contributed by atoms with Crippen LogP contribution in [0.4, 0.5) is 0 Å². The largest absolute Gasteiger partial charge is 0.387 e. The summed E-state index contributed by atoms with van der Waals surface area (Å²) in [4.78, 5) is 3.89. The number of nitrogens with zero attached hydrogens (tertiary/aromatic N) is 3. The highest BCUT2D eigenvalue weighted by Gasteiger charge is 1.99. The minimum atomic E-state index is 0.108. The third-order valence-corrected chi connectivity index (χ3v) is 1.15. The SMILES string of the molecule is Cn1ncnc1CC(=N)N. The fourth-order valence-corrected chi connectivity index (χ4v) is 0.651. The van der Waals surface area contributed by atoms with E-state index in [9.17, 15) is 0 Å². The van der Waals surface area contributed by atoms with Gasteiger partial charge < -0.3 is 5.73 Å². The molecule has 0 aromatic carbocycles. The zero-order chi connectivity index (χ0) is 7.56. The molecule has 0 atom stereocenters. The van der Waals surface area contributed by atoms with Crippen LogP contribution in [0, 0.1) is 5.41 Å². The van der Waals surface area contributed by atoms with E-state index in [1.165, 1.54) is 6.33 Å². The summed E-state index contributed by atoms with van der Waals surface area (Å²) in [5, 5.41) is 10.8. The van der Waals surface area contributed by atoms with Crippen molar-refractivity contribution in [3.05, 3.63) is 12.2 Å².